The maximum Gasteiger partial charge on any atom is 0.261 e. The van der Waals surface area contributed by atoms with Crippen LogP contribution in [0.4, 0.5) is 0 Å². The summed E-state index contributed by atoms with van der Waals surface area (Å²) in [6, 6.07) is 18.0. The Balaban J connectivity index is 2.48. The Morgan fingerprint density at radius 1 is 0.826 bits per heavy atom. The molecule has 0 aliphatic carbocycles. The molecule has 0 fully saturated rings. The molecule has 0 amide bonds. The fourth-order valence-electron chi connectivity index (χ4n) is 2.27. The zero-order valence-corrected chi connectivity index (χ0v) is 14.1. The predicted molar refractivity (Wildman–Crippen MR) is 92.2 cm³/mol. The Hall–Kier alpha value is -1.39. The van der Waals surface area contributed by atoms with Gasteiger partial charge in [-0.1, -0.05) is 60.7 Å². The topological polar surface area (TPSA) is 35.5 Å². The van der Waals surface area contributed by atoms with Gasteiger partial charge < -0.3 is 9.47 Å². The Labute approximate surface area is 146 Å². The van der Waals surface area contributed by atoms with Gasteiger partial charge in [0, 0.05) is 22.9 Å². The van der Waals surface area contributed by atoms with Gasteiger partial charge in [-0.25, -0.2) is 0 Å². The number of ether oxygens (including phenoxy) is 2. The van der Waals surface area contributed by atoms with Crippen LogP contribution in [0.2, 0.25) is 0 Å². The largest absolute Gasteiger partial charge is 0.338 e. The summed E-state index contributed by atoms with van der Waals surface area (Å²) in [6.07, 6.45) is 0. The van der Waals surface area contributed by atoms with E-state index in [-0.39, 0.29) is 30.8 Å². The van der Waals surface area contributed by atoms with Crippen LogP contribution in [0.5, 0.6) is 0 Å². The molecule has 0 saturated carbocycles. The van der Waals surface area contributed by atoms with Crippen molar-refractivity contribution in [2.24, 2.45) is 0 Å². The molecule has 0 unspecified atom stereocenters. The van der Waals surface area contributed by atoms with Crippen molar-refractivity contribution in [3.8, 4) is 0 Å². The standard InChI is InChI=1S/C18H18Cl2O3/c19-11-13-22-18(23-14-12-20,16-9-5-2-6-10-16)17(21)15-7-3-1-4-8-15/h1-10H,11-14H2. The van der Waals surface area contributed by atoms with Crippen molar-refractivity contribution >= 4 is 29.0 Å². The lowest BCUT2D eigenvalue weighted by atomic mass is 9.95. The summed E-state index contributed by atoms with van der Waals surface area (Å²) < 4.78 is 11.6. The number of rotatable bonds is 9. The van der Waals surface area contributed by atoms with Crippen molar-refractivity contribution in [1.82, 2.24) is 0 Å². The number of hydrogen-bond donors (Lipinski definition) is 0. The second kappa shape index (κ2) is 9.04. The number of ketones is 1. The highest BCUT2D eigenvalue weighted by Crippen LogP contribution is 2.32. The van der Waals surface area contributed by atoms with Crippen LogP contribution >= 0.6 is 23.2 Å². The van der Waals surface area contributed by atoms with E-state index in [4.69, 9.17) is 32.7 Å². The van der Waals surface area contributed by atoms with Crippen LogP contribution in [0, 0.1) is 0 Å². The Kier molecular flexibility index (Phi) is 7.06. The van der Waals surface area contributed by atoms with Crippen LogP contribution in [-0.4, -0.2) is 30.8 Å². The Morgan fingerprint density at radius 3 is 1.78 bits per heavy atom. The van der Waals surface area contributed by atoms with Gasteiger partial charge >= 0.3 is 0 Å². The molecule has 0 bridgehead atoms. The van der Waals surface area contributed by atoms with Crippen molar-refractivity contribution in [2.75, 3.05) is 25.0 Å². The highest BCUT2D eigenvalue weighted by Gasteiger charge is 2.43. The van der Waals surface area contributed by atoms with Crippen molar-refractivity contribution in [3.05, 3.63) is 71.8 Å². The third-order valence-corrected chi connectivity index (χ3v) is 3.56. The summed E-state index contributed by atoms with van der Waals surface area (Å²) >= 11 is 11.5. The smallest absolute Gasteiger partial charge is 0.261 e. The first-order chi connectivity index (χ1) is 11.2. The van der Waals surface area contributed by atoms with Gasteiger partial charge in [0.2, 0.25) is 5.78 Å². The van der Waals surface area contributed by atoms with E-state index in [1.54, 1.807) is 36.4 Å². The van der Waals surface area contributed by atoms with Gasteiger partial charge in [-0.05, 0) is 0 Å². The first kappa shape index (κ1) is 18.0. The second-order valence-corrected chi connectivity index (χ2v) is 5.51. The van der Waals surface area contributed by atoms with E-state index in [0.29, 0.717) is 11.1 Å². The zero-order valence-electron chi connectivity index (χ0n) is 12.6. The first-order valence-electron chi connectivity index (χ1n) is 7.30. The summed E-state index contributed by atoms with van der Waals surface area (Å²) in [5.41, 5.74) is 1.12. The average molecular weight is 353 g/mol. The lowest BCUT2D eigenvalue weighted by molar-refractivity contribution is -0.203. The second-order valence-electron chi connectivity index (χ2n) is 4.75. The van der Waals surface area contributed by atoms with Crippen LogP contribution in [0.3, 0.4) is 0 Å². The van der Waals surface area contributed by atoms with Gasteiger partial charge in [0.15, 0.2) is 0 Å². The molecule has 3 nitrogen and oxygen atoms in total. The molecule has 2 aromatic rings. The maximum atomic E-state index is 13.1. The Morgan fingerprint density at radius 2 is 1.30 bits per heavy atom. The molecular weight excluding hydrogens is 335 g/mol. The van der Waals surface area contributed by atoms with Crippen LogP contribution in [-0.2, 0) is 15.3 Å². The van der Waals surface area contributed by atoms with Crippen molar-refractivity contribution in [3.63, 3.8) is 0 Å². The Bertz CT molecular complexity index is 594. The van der Waals surface area contributed by atoms with Gasteiger partial charge in [-0.2, -0.15) is 0 Å². The molecule has 0 atom stereocenters. The van der Waals surface area contributed by atoms with Crippen LogP contribution in [0.1, 0.15) is 15.9 Å². The summed E-state index contributed by atoms with van der Waals surface area (Å²) in [5.74, 6) is -1.33. The molecule has 122 valence electrons. The van der Waals surface area contributed by atoms with E-state index in [1.165, 1.54) is 0 Å². The third kappa shape index (κ3) is 4.33. The fourth-order valence-corrected chi connectivity index (χ4v) is 2.43. The number of hydrogen-bond acceptors (Lipinski definition) is 3. The molecule has 0 aliphatic heterocycles. The number of carbonyl (C=O) groups excluding carboxylic acids is 1. The van der Waals surface area contributed by atoms with Gasteiger partial charge in [0.05, 0.1) is 13.2 Å². The van der Waals surface area contributed by atoms with Crippen LogP contribution in [0.25, 0.3) is 0 Å². The predicted octanol–water partition coefficient (Wildman–Crippen LogP) is 4.23. The van der Waals surface area contributed by atoms with Crippen molar-refractivity contribution in [1.29, 1.82) is 0 Å². The van der Waals surface area contributed by atoms with Crippen molar-refractivity contribution < 1.29 is 14.3 Å². The molecule has 0 radical (unpaired) electrons. The minimum Gasteiger partial charge on any atom is -0.338 e. The molecule has 0 N–H and O–H groups in total. The molecule has 2 rings (SSSR count). The molecule has 0 aliphatic rings. The van der Waals surface area contributed by atoms with E-state index < -0.39 is 5.79 Å². The molecule has 2 aromatic carbocycles. The quantitative estimate of drug-likeness (QED) is 0.384. The molecule has 0 aromatic heterocycles. The molecule has 0 spiro atoms. The van der Waals surface area contributed by atoms with E-state index in [9.17, 15) is 4.79 Å². The third-order valence-electron chi connectivity index (χ3n) is 3.25. The monoisotopic (exact) mass is 352 g/mol. The van der Waals surface area contributed by atoms with E-state index >= 15 is 0 Å². The molecule has 0 saturated heterocycles. The average Bonchev–Trinajstić information content (AvgIpc) is 2.63. The zero-order chi connectivity index (χ0) is 16.5. The van der Waals surface area contributed by atoms with Gasteiger partial charge in [-0.15, -0.1) is 23.2 Å². The van der Waals surface area contributed by atoms with Crippen molar-refractivity contribution in [2.45, 2.75) is 5.79 Å². The number of Topliss-reactive ketones (excluding diaryl/α,β-unsaturated/α-hetero) is 1. The summed E-state index contributed by atoms with van der Waals surface area (Å²) in [6.45, 7) is 0.356. The highest BCUT2D eigenvalue weighted by molar-refractivity contribution is 6.18. The number of carbonyl (C=O) groups is 1. The minimum atomic E-state index is -1.55. The summed E-state index contributed by atoms with van der Waals surface area (Å²) in [4.78, 5) is 13.1. The molecule has 5 heteroatoms. The number of halogens is 2. The first-order valence-corrected chi connectivity index (χ1v) is 8.36. The fraction of sp³-hybridized carbons (Fsp3) is 0.278. The van der Waals surface area contributed by atoms with Gasteiger partial charge in [0.1, 0.15) is 0 Å². The molecular formula is C18H18Cl2O3. The SMILES string of the molecule is O=C(c1ccccc1)C(OCCCl)(OCCCl)c1ccccc1. The number of benzene rings is 2. The maximum absolute atomic E-state index is 13.1. The van der Waals surface area contributed by atoms with Crippen LogP contribution < -0.4 is 0 Å². The highest BCUT2D eigenvalue weighted by atomic mass is 35.5. The number of alkyl halides is 2. The molecule has 23 heavy (non-hydrogen) atoms. The van der Waals surface area contributed by atoms with Gasteiger partial charge in [0.25, 0.3) is 5.79 Å². The van der Waals surface area contributed by atoms with Gasteiger partial charge in [-0.3, -0.25) is 4.79 Å². The minimum absolute atomic E-state index is 0.178. The van der Waals surface area contributed by atoms with E-state index in [0.717, 1.165) is 0 Å². The summed E-state index contributed by atoms with van der Waals surface area (Å²) in [7, 11) is 0. The normalized spacial score (nSPS) is 11.4. The lowest BCUT2D eigenvalue weighted by Crippen LogP contribution is -2.43. The van der Waals surface area contributed by atoms with E-state index in [2.05, 4.69) is 0 Å². The van der Waals surface area contributed by atoms with Crippen LogP contribution in [0.15, 0.2) is 60.7 Å². The van der Waals surface area contributed by atoms with E-state index in [1.807, 2.05) is 24.3 Å². The lowest BCUT2D eigenvalue weighted by Gasteiger charge is -2.32. The molecule has 0 heterocycles. The summed E-state index contributed by atoms with van der Waals surface area (Å²) in [5, 5.41) is 0.